The van der Waals surface area contributed by atoms with E-state index < -0.39 is 11.7 Å². The van der Waals surface area contributed by atoms with Crippen LogP contribution in [-0.2, 0) is 6.18 Å². The van der Waals surface area contributed by atoms with Crippen LogP contribution in [0.3, 0.4) is 0 Å². The third-order valence-electron chi connectivity index (χ3n) is 4.18. The van der Waals surface area contributed by atoms with Crippen molar-refractivity contribution in [2.45, 2.75) is 20.0 Å². The second-order valence-corrected chi connectivity index (χ2v) is 5.77. The van der Waals surface area contributed by atoms with Gasteiger partial charge in [-0.05, 0) is 19.9 Å². The van der Waals surface area contributed by atoms with Gasteiger partial charge in [-0.15, -0.1) is 0 Å². The van der Waals surface area contributed by atoms with E-state index in [9.17, 15) is 13.2 Å². The number of fused-ring (bicyclic) bond motifs is 1. The summed E-state index contributed by atoms with van der Waals surface area (Å²) in [4.78, 5) is 13.1. The summed E-state index contributed by atoms with van der Waals surface area (Å²) in [7, 11) is 0. The minimum absolute atomic E-state index is 0.0392. The molecule has 0 unspecified atom stereocenters. The Bertz CT molecular complexity index is 944. The molecule has 0 aliphatic heterocycles. The highest BCUT2D eigenvalue weighted by Gasteiger charge is 2.33. The number of hydrogen-bond acceptors (Lipinski definition) is 5. The highest BCUT2D eigenvalue weighted by Crippen LogP contribution is 2.34. The topological polar surface area (TPSA) is 69.2 Å². The average molecular weight is 376 g/mol. The zero-order valence-corrected chi connectivity index (χ0v) is 14.9. The molecule has 142 valence electrons. The van der Waals surface area contributed by atoms with E-state index in [-0.39, 0.29) is 5.52 Å². The van der Waals surface area contributed by atoms with Crippen LogP contribution in [0.4, 0.5) is 24.8 Å². The molecule has 0 atom stereocenters. The molecule has 27 heavy (non-hydrogen) atoms. The molecule has 0 bridgehead atoms. The number of aromatic nitrogens is 3. The van der Waals surface area contributed by atoms with Crippen molar-refractivity contribution in [1.82, 2.24) is 15.0 Å². The van der Waals surface area contributed by atoms with Gasteiger partial charge in [0.1, 0.15) is 12.1 Å². The van der Waals surface area contributed by atoms with E-state index in [0.717, 1.165) is 25.0 Å². The van der Waals surface area contributed by atoms with Crippen LogP contribution in [0.15, 0.2) is 41.9 Å². The molecule has 3 rings (SSSR count). The first-order chi connectivity index (χ1) is 12.9. The number of alkyl halides is 3. The van der Waals surface area contributed by atoms with Crippen LogP contribution in [0, 0.1) is 0 Å². The molecular formula is C18H19F3N6. The van der Waals surface area contributed by atoms with Gasteiger partial charge in [0.05, 0.1) is 17.3 Å². The third-order valence-corrected chi connectivity index (χ3v) is 4.18. The summed E-state index contributed by atoms with van der Waals surface area (Å²) in [5.74, 6) is 1.27. The van der Waals surface area contributed by atoms with Crippen LogP contribution in [0.1, 0.15) is 25.0 Å². The fraction of sp³-hybridized carbons (Fsp3) is 0.278. The summed E-state index contributed by atoms with van der Waals surface area (Å²) in [6.07, 6.45) is -0.0316. The molecule has 1 aromatic carbocycles. The lowest BCUT2D eigenvalue weighted by Crippen LogP contribution is -2.23. The summed E-state index contributed by atoms with van der Waals surface area (Å²) in [6, 6.07) is 5.81. The summed E-state index contributed by atoms with van der Waals surface area (Å²) < 4.78 is 39.2. The Morgan fingerprint density at radius 2 is 2.00 bits per heavy atom. The lowest BCUT2D eigenvalue weighted by atomic mass is 10.1. The Hall–Kier alpha value is -3.10. The Kier molecular flexibility index (Phi) is 5.29. The van der Waals surface area contributed by atoms with Crippen molar-refractivity contribution in [2.24, 2.45) is 5.10 Å². The predicted octanol–water partition coefficient (Wildman–Crippen LogP) is 4.27. The number of hydrogen-bond donors (Lipinski definition) is 2. The molecule has 0 aliphatic rings. The number of para-hydroxylation sites is 1. The number of hydrazone groups is 1. The Morgan fingerprint density at radius 3 is 2.70 bits per heavy atom. The minimum atomic E-state index is -4.42. The van der Waals surface area contributed by atoms with E-state index in [0.29, 0.717) is 16.8 Å². The van der Waals surface area contributed by atoms with Crippen molar-refractivity contribution < 1.29 is 13.2 Å². The van der Waals surface area contributed by atoms with E-state index in [1.54, 1.807) is 12.1 Å². The van der Waals surface area contributed by atoms with E-state index in [1.165, 1.54) is 24.8 Å². The van der Waals surface area contributed by atoms with Gasteiger partial charge in [0.2, 0.25) is 0 Å². The number of nitrogens with one attached hydrogen (secondary N) is 2. The summed E-state index contributed by atoms with van der Waals surface area (Å²) in [5.41, 5.74) is 2.67. The van der Waals surface area contributed by atoms with E-state index in [4.69, 9.17) is 0 Å². The average Bonchev–Trinajstić information content (AvgIpc) is 3.05. The van der Waals surface area contributed by atoms with Gasteiger partial charge >= 0.3 is 6.18 Å². The predicted molar refractivity (Wildman–Crippen MR) is 100 cm³/mol. The maximum absolute atomic E-state index is 13.1. The first-order valence-corrected chi connectivity index (χ1v) is 8.47. The van der Waals surface area contributed by atoms with Gasteiger partial charge in [0.25, 0.3) is 0 Å². The molecule has 0 spiro atoms. The SMILES string of the molecule is CCN(CC)c1cc(N/N=C/c2c[nH]c3c(C(F)(F)F)cccc23)ncn1. The van der Waals surface area contributed by atoms with Crippen molar-refractivity contribution in [3.05, 3.63) is 47.9 Å². The second kappa shape index (κ2) is 7.65. The van der Waals surface area contributed by atoms with Gasteiger partial charge in [-0.3, -0.25) is 5.43 Å². The molecule has 0 saturated carbocycles. The third kappa shape index (κ3) is 4.02. The van der Waals surface area contributed by atoms with E-state index in [2.05, 4.69) is 30.4 Å². The van der Waals surface area contributed by atoms with Crippen molar-refractivity contribution in [2.75, 3.05) is 23.4 Å². The number of rotatable bonds is 6. The molecule has 6 nitrogen and oxygen atoms in total. The Labute approximate surface area is 154 Å². The minimum Gasteiger partial charge on any atom is -0.360 e. The highest BCUT2D eigenvalue weighted by molar-refractivity contribution is 6.00. The van der Waals surface area contributed by atoms with Crippen molar-refractivity contribution in [3.8, 4) is 0 Å². The monoisotopic (exact) mass is 376 g/mol. The molecule has 0 radical (unpaired) electrons. The van der Waals surface area contributed by atoms with Crippen LogP contribution < -0.4 is 10.3 Å². The molecule has 0 fully saturated rings. The van der Waals surface area contributed by atoms with Gasteiger partial charge in [-0.1, -0.05) is 12.1 Å². The molecule has 0 aliphatic carbocycles. The van der Waals surface area contributed by atoms with Crippen molar-refractivity contribution >= 4 is 28.8 Å². The van der Waals surface area contributed by atoms with Crippen LogP contribution in [0.2, 0.25) is 0 Å². The fourth-order valence-electron chi connectivity index (χ4n) is 2.82. The smallest absolute Gasteiger partial charge is 0.360 e. The number of halogens is 3. The molecular weight excluding hydrogens is 357 g/mol. The lowest BCUT2D eigenvalue weighted by Gasteiger charge is -2.19. The van der Waals surface area contributed by atoms with Crippen LogP contribution >= 0.6 is 0 Å². The number of H-pyrrole nitrogens is 1. The summed E-state index contributed by atoms with van der Waals surface area (Å²) >= 11 is 0. The second-order valence-electron chi connectivity index (χ2n) is 5.77. The first-order valence-electron chi connectivity index (χ1n) is 8.47. The van der Waals surface area contributed by atoms with Gasteiger partial charge in [-0.25, -0.2) is 9.97 Å². The van der Waals surface area contributed by atoms with Gasteiger partial charge in [0, 0.05) is 36.3 Å². The summed E-state index contributed by atoms with van der Waals surface area (Å²) in [6.45, 7) is 5.69. The van der Waals surface area contributed by atoms with Crippen LogP contribution in [0.5, 0.6) is 0 Å². The van der Waals surface area contributed by atoms with E-state index in [1.807, 2.05) is 13.8 Å². The number of benzene rings is 1. The van der Waals surface area contributed by atoms with Gasteiger partial charge in [-0.2, -0.15) is 18.3 Å². The zero-order valence-electron chi connectivity index (χ0n) is 14.9. The van der Waals surface area contributed by atoms with Gasteiger partial charge in [0.15, 0.2) is 5.82 Å². The van der Waals surface area contributed by atoms with Gasteiger partial charge < -0.3 is 9.88 Å². The molecule has 2 N–H and O–H groups in total. The zero-order chi connectivity index (χ0) is 19.4. The largest absolute Gasteiger partial charge is 0.418 e. The molecule has 9 heteroatoms. The Balaban J connectivity index is 1.81. The highest BCUT2D eigenvalue weighted by atomic mass is 19.4. The lowest BCUT2D eigenvalue weighted by molar-refractivity contribution is -0.136. The number of aromatic amines is 1. The number of anilines is 2. The standard InChI is InChI=1S/C18H19F3N6/c1-3-27(4-2)16-8-15(23-11-24-16)26-25-10-12-9-22-17-13(12)6-5-7-14(17)18(19,20)21/h5-11,22H,3-4H2,1-2H3,(H,23,24,26)/b25-10+. The maximum atomic E-state index is 13.1. The van der Waals surface area contributed by atoms with E-state index >= 15 is 0 Å². The molecule has 2 aromatic heterocycles. The molecule has 2 heterocycles. The number of nitrogens with zero attached hydrogens (tertiary/aromatic N) is 4. The fourth-order valence-corrected chi connectivity index (χ4v) is 2.82. The molecule has 0 amide bonds. The first kappa shape index (κ1) is 18.7. The molecule has 0 saturated heterocycles. The van der Waals surface area contributed by atoms with Crippen LogP contribution in [0.25, 0.3) is 10.9 Å². The maximum Gasteiger partial charge on any atom is 0.418 e. The quantitative estimate of drug-likeness (QED) is 0.498. The van der Waals surface area contributed by atoms with Crippen molar-refractivity contribution in [1.29, 1.82) is 0 Å². The molecule has 3 aromatic rings. The Morgan fingerprint density at radius 1 is 1.22 bits per heavy atom. The van der Waals surface area contributed by atoms with Crippen molar-refractivity contribution in [3.63, 3.8) is 0 Å². The van der Waals surface area contributed by atoms with Crippen LogP contribution in [-0.4, -0.2) is 34.3 Å². The normalized spacial score (nSPS) is 12.0. The summed E-state index contributed by atoms with van der Waals surface area (Å²) in [5, 5.41) is 4.54.